The molecule has 110 valence electrons. The highest BCUT2D eigenvalue weighted by Gasteiger charge is 2.24. The van der Waals surface area contributed by atoms with Gasteiger partial charge in [-0.2, -0.15) is 23.1 Å². The zero-order valence-electron chi connectivity index (χ0n) is 11.5. The fourth-order valence-corrected chi connectivity index (χ4v) is 4.76. The second kappa shape index (κ2) is 6.86. The van der Waals surface area contributed by atoms with Crippen LogP contribution in [0.5, 0.6) is 0 Å². The van der Waals surface area contributed by atoms with Gasteiger partial charge in [0.2, 0.25) is 0 Å². The first-order valence-corrected chi connectivity index (χ1v) is 9.30. The van der Waals surface area contributed by atoms with Crippen LogP contribution in [0.15, 0.2) is 41.1 Å². The lowest BCUT2D eigenvalue weighted by Gasteiger charge is -2.20. The van der Waals surface area contributed by atoms with Gasteiger partial charge in [-0.25, -0.2) is 0 Å². The molecule has 0 saturated carbocycles. The summed E-state index contributed by atoms with van der Waals surface area (Å²) in [6, 6.07) is 9.92. The minimum Gasteiger partial charge on any atom is -0.338 e. The average molecular weight is 338 g/mol. The van der Waals surface area contributed by atoms with Crippen molar-refractivity contribution in [2.75, 3.05) is 18.8 Å². The molecule has 0 spiro atoms. The number of thiophene rings is 1. The first-order chi connectivity index (χ1) is 10.3. The molecule has 1 fully saturated rings. The topological polar surface area (TPSA) is 20.3 Å². The number of carbonyl (C=O) groups is 1. The van der Waals surface area contributed by atoms with Gasteiger partial charge in [-0.1, -0.05) is 29.8 Å². The molecule has 1 atom stereocenters. The Morgan fingerprint density at radius 2 is 2.10 bits per heavy atom. The number of carbonyl (C=O) groups excluding carboxylic acids is 1. The average Bonchev–Trinajstić information content (AvgIpc) is 2.92. The summed E-state index contributed by atoms with van der Waals surface area (Å²) in [6.45, 7) is 1.60. The van der Waals surface area contributed by atoms with Crippen molar-refractivity contribution < 1.29 is 4.79 Å². The summed E-state index contributed by atoms with van der Waals surface area (Å²) < 4.78 is 0. The first kappa shape index (κ1) is 14.9. The summed E-state index contributed by atoms with van der Waals surface area (Å²) in [5, 5.41) is 5.07. The van der Waals surface area contributed by atoms with Crippen molar-refractivity contribution in [1.29, 1.82) is 0 Å². The highest BCUT2D eigenvalue weighted by atomic mass is 35.5. The number of benzene rings is 1. The molecule has 2 nitrogen and oxygen atoms in total. The SMILES string of the molecule is O=C(c1ccsc1)N1CCSC(c2ccccc2Cl)CC1. The highest BCUT2D eigenvalue weighted by Crippen LogP contribution is 2.37. The molecule has 0 bridgehead atoms. The lowest BCUT2D eigenvalue weighted by molar-refractivity contribution is 0.0767. The summed E-state index contributed by atoms with van der Waals surface area (Å²) in [6.07, 6.45) is 0.949. The van der Waals surface area contributed by atoms with E-state index in [1.165, 1.54) is 5.56 Å². The van der Waals surface area contributed by atoms with Gasteiger partial charge >= 0.3 is 0 Å². The molecule has 0 aliphatic carbocycles. The highest BCUT2D eigenvalue weighted by molar-refractivity contribution is 7.99. The van der Waals surface area contributed by atoms with Gasteiger partial charge in [0.05, 0.1) is 5.56 Å². The molecule has 0 N–H and O–H groups in total. The molecule has 1 aromatic carbocycles. The number of halogens is 1. The van der Waals surface area contributed by atoms with Crippen LogP contribution in [0, 0.1) is 0 Å². The third-order valence-electron chi connectivity index (χ3n) is 3.65. The van der Waals surface area contributed by atoms with Crippen molar-refractivity contribution in [3.63, 3.8) is 0 Å². The zero-order chi connectivity index (χ0) is 14.7. The molecule has 3 rings (SSSR count). The Balaban J connectivity index is 1.70. The van der Waals surface area contributed by atoms with E-state index in [0.29, 0.717) is 5.25 Å². The summed E-state index contributed by atoms with van der Waals surface area (Å²) in [4.78, 5) is 14.4. The van der Waals surface area contributed by atoms with E-state index in [-0.39, 0.29) is 5.91 Å². The third-order valence-corrected chi connectivity index (χ3v) is 5.99. The lowest BCUT2D eigenvalue weighted by atomic mass is 10.1. The third kappa shape index (κ3) is 3.44. The normalized spacial score (nSPS) is 19.3. The van der Waals surface area contributed by atoms with Crippen molar-refractivity contribution in [2.24, 2.45) is 0 Å². The van der Waals surface area contributed by atoms with E-state index in [1.54, 1.807) is 11.3 Å². The van der Waals surface area contributed by atoms with Crippen molar-refractivity contribution in [2.45, 2.75) is 11.7 Å². The fraction of sp³-hybridized carbons (Fsp3) is 0.312. The molecule has 1 aliphatic rings. The molecular weight excluding hydrogens is 322 g/mol. The summed E-state index contributed by atoms with van der Waals surface area (Å²) in [5.41, 5.74) is 2.00. The van der Waals surface area contributed by atoms with Gasteiger partial charge in [-0.3, -0.25) is 4.79 Å². The van der Waals surface area contributed by atoms with Gasteiger partial charge in [0.25, 0.3) is 5.91 Å². The van der Waals surface area contributed by atoms with E-state index in [0.717, 1.165) is 35.8 Å². The maximum atomic E-state index is 12.4. The van der Waals surface area contributed by atoms with Crippen LogP contribution in [-0.2, 0) is 0 Å². The van der Waals surface area contributed by atoms with Gasteiger partial charge in [-0.15, -0.1) is 0 Å². The molecule has 0 radical (unpaired) electrons. The van der Waals surface area contributed by atoms with Crippen LogP contribution in [0.2, 0.25) is 5.02 Å². The number of hydrogen-bond donors (Lipinski definition) is 0. The zero-order valence-corrected chi connectivity index (χ0v) is 13.9. The van der Waals surface area contributed by atoms with Crippen LogP contribution in [0.3, 0.4) is 0 Å². The molecular formula is C16H16ClNOS2. The summed E-state index contributed by atoms with van der Waals surface area (Å²) in [5.74, 6) is 1.10. The van der Waals surface area contributed by atoms with Gasteiger partial charge in [0.15, 0.2) is 0 Å². The van der Waals surface area contributed by atoms with Crippen LogP contribution in [0.4, 0.5) is 0 Å². The Hall–Kier alpha value is -0.970. The standard InChI is InChI=1S/C16H16ClNOS2/c17-14-4-2-1-3-13(14)15-5-7-18(8-10-21-15)16(19)12-6-9-20-11-12/h1-4,6,9,11,15H,5,7-8,10H2. The van der Waals surface area contributed by atoms with Gasteiger partial charge in [0.1, 0.15) is 0 Å². The second-order valence-corrected chi connectivity index (χ2v) is 7.47. The van der Waals surface area contributed by atoms with E-state index >= 15 is 0 Å². The molecule has 2 heterocycles. The first-order valence-electron chi connectivity index (χ1n) is 6.93. The van der Waals surface area contributed by atoms with Gasteiger partial charge in [-0.05, 0) is 29.5 Å². The van der Waals surface area contributed by atoms with Crippen molar-refractivity contribution >= 4 is 40.6 Å². The van der Waals surface area contributed by atoms with E-state index < -0.39 is 0 Å². The maximum absolute atomic E-state index is 12.4. The number of thioether (sulfide) groups is 1. The molecule has 1 unspecified atom stereocenters. The van der Waals surface area contributed by atoms with Crippen LogP contribution in [0.25, 0.3) is 0 Å². The van der Waals surface area contributed by atoms with Crippen LogP contribution in [0.1, 0.15) is 27.6 Å². The summed E-state index contributed by atoms with van der Waals surface area (Å²) >= 11 is 9.76. The van der Waals surface area contributed by atoms with Crippen LogP contribution < -0.4 is 0 Å². The maximum Gasteiger partial charge on any atom is 0.254 e. The van der Waals surface area contributed by atoms with Gasteiger partial charge < -0.3 is 4.90 Å². The number of hydrogen-bond acceptors (Lipinski definition) is 3. The Labute approximate surface area is 138 Å². The van der Waals surface area contributed by atoms with E-state index in [9.17, 15) is 4.79 Å². The number of rotatable bonds is 2. The minimum atomic E-state index is 0.150. The van der Waals surface area contributed by atoms with Crippen LogP contribution >= 0.6 is 34.7 Å². The molecule has 1 amide bonds. The molecule has 1 aliphatic heterocycles. The van der Waals surface area contributed by atoms with Crippen molar-refractivity contribution in [3.8, 4) is 0 Å². The second-order valence-electron chi connectivity index (χ2n) is 4.97. The van der Waals surface area contributed by atoms with E-state index in [1.807, 2.05) is 51.7 Å². The van der Waals surface area contributed by atoms with Crippen molar-refractivity contribution in [1.82, 2.24) is 4.90 Å². The number of nitrogens with zero attached hydrogens (tertiary/aromatic N) is 1. The minimum absolute atomic E-state index is 0.150. The monoisotopic (exact) mass is 337 g/mol. The fourth-order valence-electron chi connectivity index (χ4n) is 2.53. The smallest absolute Gasteiger partial charge is 0.254 e. The lowest BCUT2D eigenvalue weighted by Crippen LogP contribution is -2.32. The molecule has 2 aromatic rings. The largest absolute Gasteiger partial charge is 0.338 e. The predicted molar refractivity (Wildman–Crippen MR) is 91.5 cm³/mol. The molecule has 1 saturated heterocycles. The molecule has 1 aromatic heterocycles. The molecule has 21 heavy (non-hydrogen) atoms. The Morgan fingerprint density at radius 3 is 2.86 bits per heavy atom. The Bertz CT molecular complexity index is 614. The van der Waals surface area contributed by atoms with Crippen molar-refractivity contribution in [3.05, 3.63) is 57.2 Å². The van der Waals surface area contributed by atoms with Gasteiger partial charge in [0, 0.05) is 34.5 Å². The van der Waals surface area contributed by atoms with E-state index in [2.05, 4.69) is 6.07 Å². The summed E-state index contributed by atoms with van der Waals surface area (Å²) in [7, 11) is 0. The Kier molecular flexibility index (Phi) is 4.88. The van der Waals surface area contributed by atoms with E-state index in [4.69, 9.17) is 11.6 Å². The van der Waals surface area contributed by atoms with Crippen LogP contribution in [-0.4, -0.2) is 29.6 Å². The predicted octanol–water partition coefficient (Wildman–Crippen LogP) is 4.72. The Morgan fingerprint density at radius 1 is 1.24 bits per heavy atom. The molecule has 5 heteroatoms. The quantitative estimate of drug-likeness (QED) is 0.790. The number of amides is 1.